The number of hydrogen-bond donors (Lipinski definition) is 2. The van der Waals surface area contributed by atoms with Gasteiger partial charge < -0.3 is 16.0 Å². The van der Waals surface area contributed by atoms with E-state index in [1.54, 1.807) is 18.2 Å². The van der Waals surface area contributed by atoms with Crippen LogP contribution in [0.1, 0.15) is 45.9 Å². The third-order valence-corrected chi connectivity index (χ3v) is 6.02. The van der Waals surface area contributed by atoms with Gasteiger partial charge in [0.15, 0.2) is 0 Å². The molecule has 3 N–H and O–H groups in total. The highest BCUT2D eigenvalue weighted by atomic mass is 19.1. The first-order valence-electron chi connectivity index (χ1n) is 11.1. The third kappa shape index (κ3) is 5.74. The molecule has 6 nitrogen and oxygen atoms in total. The van der Waals surface area contributed by atoms with Crippen molar-refractivity contribution in [2.24, 2.45) is 0 Å². The van der Waals surface area contributed by atoms with Crippen LogP contribution in [0.3, 0.4) is 0 Å². The quantitative estimate of drug-likeness (QED) is 0.605. The molecule has 7 heteroatoms. The number of nitrogens with one attached hydrogen (secondary N) is 1. The number of pyridine rings is 1. The predicted octanol–water partition coefficient (Wildman–Crippen LogP) is 3.68. The van der Waals surface area contributed by atoms with Gasteiger partial charge in [0, 0.05) is 31.2 Å². The number of benzene rings is 2. The molecule has 0 saturated carbocycles. The first-order chi connectivity index (χ1) is 16.0. The monoisotopic (exact) mass is 446 g/mol. The highest BCUT2D eigenvalue weighted by molar-refractivity contribution is 5.98. The molecule has 0 spiro atoms. The van der Waals surface area contributed by atoms with E-state index in [0.29, 0.717) is 25.2 Å². The van der Waals surface area contributed by atoms with Crippen molar-refractivity contribution in [2.45, 2.75) is 31.7 Å². The van der Waals surface area contributed by atoms with E-state index in [2.05, 4.69) is 10.3 Å². The standard InChI is InChI=1S/C26H27FN4O2/c27-21-8-6-18(7-9-21)16-24(32)31-14-12-20(13-15-31)23-11-10-22(25(28)30-23)26(33)29-17-19-4-2-1-3-5-19/h1-11,20H,12-17H2,(H2,28,30)(H,29,33). The summed E-state index contributed by atoms with van der Waals surface area (Å²) in [7, 11) is 0. The van der Waals surface area contributed by atoms with E-state index in [9.17, 15) is 14.0 Å². The van der Waals surface area contributed by atoms with E-state index in [1.807, 2.05) is 41.3 Å². The van der Waals surface area contributed by atoms with Crippen molar-refractivity contribution in [3.05, 3.63) is 94.9 Å². The molecule has 33 heavy (non-hydrogen) atoms. The fraction of sp³-hybridized carbons (Fsp3) is 0.269. The molecular weight excluding hydrogens is 419 g/mol. The molecule has 2 amide bonds. The van der Waals surface area contributed by atoms with Crippen LogP contribution in [0, 0.1) is 5.82 Å². The van der Waals surface area contributed by atoms with Gasteiger partial charge in [0.1, 0.15) is 11.6 Å². The molecule has 1 fully saturated rings. The van der Waals surface area contributed by atoms with Gasteiger partial charge >= 0.3 is 0 Å². The van der Waals surface area contributed by atoms with Crippen LogP contribution >= 0.6 is 0 Å². The Hall–Kier alpha value is -3.74. The van der Waals surface area contributed by atoms with Gasteiger partial charge in [-0.05, 0) is 48.2 Å². The molecule has 0 radical (unpaired) electrons. The van der Waals surface area contributed by atoms with Crippen LogP contribution < -0.4 is 11.1 Å². The number of amides is 2. The van der Waals surface area contributed by atoms with Crippen LogP contribution in [0.15, 0.2) is 66.7 Å². The van der Waals surface area contributed by atoms with Crippen LogP contribution in [-0.4, -0.2) is 34.8 Å². The molecule has 0 aliphatic carbocycles. The summed E-state index contributed by atoms with van der Waals surface area (Å²) in [5, 5.41) is 2.87. The molecule has 0 atom stereocenters. The van der Waals surface area contributed by atoms with Gasteiger partial charge in [-0.25, -0.2) is 9.37 Å². The Kier molecular flexibility index (Phi) is 6.98. The van der Waals surface area contributed by atoms with E-state index in [0.717, 1.165) is 29.7 Å². The zero-order chi connectivity index (χ0) is 23.2. The smallest absolute Gasteiger partial charge is 0.255 e. The Morgan fingerprint density at radius 3 is 2.33 bits per heavy atom. The van der Waals surface area contributed by atoms with E-state index in [4.69, 9.17) is 5.73 Å². The summed E-state index contributed by atoms with van der Waals surface area (Å²) in [4.78, 5) is 31.4. The van der Waals surface area contributed by atoms with Crippen LogP contribution in [0.2, 0.25) is 0 Å². The fourth-order valence-electron chi connectivity index (χ4n) is 4.10. The average Bonchev–Trinajstić information content (AvgIpc) is 2.84. The summed E-state index contributed by atoms with van der Waals surface area (Å²) in [5.74, 6) is -0.121. The summed E-state index contributed by atoms with van der Waals surface area (Å²) >= 11 is 0. The second-order valence-corrected chi connectivity index (χ2v) is 8.30. The molecule has 4 rings (SSSR count). The predicted molar refractivity (Wildman–Crippen MR) is 125 cm³/mol. The normalized spacial score (nSPS) is 14.2. The molecule has 2 aromatic carbocycles. The lowest BCUT2D eigenvalue weighted by molar-refractivity contribution is -0.131. The Morgan fingerprint density at radius 1 is 0.970 bits per heavy atom. The molecule has 0 bridgehead atoms. The fourth-order valence-corrected chi connectivity index (χ4v) is 4.10. The van der Waals surface area contributed by atoms with Crippen molar-refractivity contribution in [1.29, 1.82) is 0 Å². The van der Waals surface area contributed by atoms with Gasteiger partial charge in [-0.1, -0.05) is 42.5 Å². The summed E-state index contributed by atoms with van der Waals surface area (Å²) in [6, 6.07) is 19.3. The molecule has 1 aliphatic heterocycles. The maximum absolute atomic E-state index is 13.1. The summed E-state index contributed by atoms with van der Waals surface area (Å²) in [6.45, 7) is 1.68. The lowest BCUT2D eigenvalue weighted by Crippen LogP contribution is -2.39. The zero-order valence-electron chi connectivity index (χ0n) is 18.3. The van der Waals surface area contributed by atoms with E-state index in [1.165, 1.54) is 12.1 Å². The molecule has 170 valence electrons. The van der Waals surface area contributed by atoms with Crippen molar-refractivity contribution >= 4 is 17.6 Å². The second-order valence-electron chi connectivity index (χ2n) is 8.30. The van der Waals surface area contributed by atoms with Crippen LogP contribution in [0.5, 0.6) is 0 Å². The highest BCUT2D eigenvalue weighted by Crippen LogP contribution is 2.28. The molecule has 2 heterocycles. The number of hydrogen-bond acceptors (Lipinski definition) is 4. The van der Waals surface area contributed by atoms with E-state index in [-0.39, 0.29) is 35.8 Å². The number of nitrogens with two attached hydrogens (primary N) is 1. The Bertz CT molecular complexity index is 1110. The lowest BCUT2D eigenvalue weighted by Gasteiger charge is -2.32. The van der Waals surface area contributed by atoms with Gasteiger partial charge in [0.25, 0.3) is 5.91 Å². The first-order valence-corrected chi connectivity index (χ1v) is 11.1. The zero-order valence-corrected chi connectivity index (χ0v) is 18.3. The summed E-state index contributed by atoms with van der Waals surface area (Å²) in [5.41, 5.74) is 9.13. The third-order valence-electron chi connectivity index (χ3n) is 6.02. The minimum absolute atomic E-state index is 0.0398. The van der Waals surface area contributed by atoms with E-state index < -0.39 is 0 Å². The Morgan fingerprint density at radius 2 is 1.67 bits per heavy atom. The van der Waals surface area contributed by atoms with Crippen molar-refractivity contribution in [3.8, 4) is 0 Å². The topological polar surface area (TPSA) is 88.3 Å². The first kappa shape index (κ1) is 22.5. The Balaban J connectivity index is 1.31. The SMILES string of the molecule is Nc1nc(C2CCN(C(=O)Cc3ccc(F)cc3)CC2)ccc1C(=O)NCc1ccccc1. The number of rotatable bonds is 6. The highest BCUT2D eigenvalue weighted by Gasteiger charge is 2.25. The largest absolute Gasteiger partial charge is 0.383 e. The minimum atomic E-state index is -0.307. The van der Waals surface area contributed by atoms with Crippen LogP contribution in [0.25, 0.3) is 0 Å². The number of anilines is 1. The van der Waals surface area contributed by atoms with Crippen molar-refractivity contribution in [1.82, 2.24) is 15.2 Å². The van der Waals surface area contributed by atoms with Gasteiger partial charge in [-0.3, -0.25) is 9.59 Å². The number of nitrogen functional groups attached to an aromatic ring is 1. The molecule has 1 aliphatic rings. The van der Waals surface area contributed by atoms with Gasteiger partial charge in [0.05, 0.1) is 12.0 Å². The molecule has 1 saturated heterocycles. The van der Waals surface area contributed by atoms with Crippen LogP contribution in [-0.2, 0) is 17.8 Å². The lowest BCUT2D eigenvalue weighted by atomic mass is 9.92. The number of carbonyl (C=O) groups is 2. The molecule has 0 unspecified atom stereocenters. The van der Waals surface area contributed by atoms with Gasteiger partial charge in [-0.2, -0.15) is 0 Å². The minimum Gasteiger partial charge on any atom is -0.383 e. The van der Waals surface area contributed by atoms with Crippen molar-refractivity contribution in [3.63, 3.8) is 0 Å². The number of carbonyl (C=O) groups excluding carboxylic acids is 2. The number of halogens is 1. The van der Waals surface area contributed by atoms with E-state index >= 15 is 0 Å². The average molecular weight is 447 g/mol. The maximum Gasteiger partial charge on any atom is 0.255 e. The molecule has 1 aromatic heterocycles. The number of aromatic nitrogens is 1. The Labute approximate surface area is 192 Å². The maximum atomic E-state index is 13.1. The van der Waals surface area contributed by atoms with Crippen LogP contribution in [0.4, 0.5) is 10.2 Å². The summed E-state index contributed by atoms with van der Waals surface area (Å²) in [6.07, 6.45) is 1.82. The molecular formula is C26H27FN4O2. The number of piperidine rings is 1. The number of likely N-dealkylation sites (tertiary alicyclic amines) is 1. The molecule has 3 aromatic rings. The number of nitrogens with zero attached hydrogens (tertiary/aromatic N) is 2. The van der Waals surface area contributed by atoms with Crippen molar-refractivity contribution < 1.29 is 14.0 Å². The van der Waals surface area contributed by atoms with Gasteiger partial charge in [0.2, 0.25) is 5.91 Å². The van der Waals surface area contributed by atoms with Gasteiger partial charge in [-0.15, -0.1) is 0 Å². The summed E-state index contributed by atoms with van der Waals surface area (Å²) < 4.78 is 13.1. The van der Waals surface area contributed by atoms with Crippen molar-refractivity contribution in [2.75, 3.05) is 18.8 Å². The second kappa shape index (κ2) is 10.3.